The molecular weight excluding hydrogens is 218 g/mol. The van der Waals surface area contributed by atoms with Gasteiger partial charge in [0, 0.05) is 17.1 Å². The molecule has 0 aromatic heterocycles. The normalized spacial score (nSPS) is 17.4. The van der Waals surface area contributed by atoms with Crippen molar-refractivity contribution in [2.24, 2.45) is 5.92 Å². The highest BCUT2D eigenvalue weighted by Crippen LogP contribution is 2.32. The molecule has 1 N–H and O–H groups in total. The fourth-order valence-corrected chi connectivity index (χ4v) is 2.90. The molecule has 1 aliphatic rings. The first-order chi connectivity index (χ1) is 8.83. The van der Waals surface area contributed by atoms with E-state index in [4.69, 9.17) is 0 Å². The molecule has 0 saturated heterocycles. The van der Waals surface area contributed by atoms with Crippen LogP contribution in [0.1, 0.15) is 32.6 Å². The van der Waals surface area contributed by atoms with Crippen LogP contribution in [0.5, 0.6) is 0 Å². The van der Waals surface area contributed by atoms with E-state index in [2.05, 4.69) is 54.7 Å². The summed E-state index contributed by atoms with van der Waals surface area (Å²) in [4.78, 5) is 0. The molecule has 1 heteroatoms. The number of fused-ring (bicyclic) bond motifs is 1. The Morgan fingerprint density at radius 3 is 2.67 bits per heavy atom. The van der Waals surface area contributed by atoms with E-state index < -0.39 is 0 Å². The Balaban J connectivity index is 1.76. The van der Waals surface area contributed by atoms with E-state index in [1.54, 1.807) is 0 Å². The molecule has 1 fully saturated rings. The van der Waals surface area contributed by atoms with Gasteiger partial charge in [-0.3, -0.25) is 0 Å². The Labute approximate surface area is 109 Å². The minimum absolute atomic E-state index is 0.570. The fraction of sp³-hybridized carbons (Fsp3) is 0.412. The van der Waals surface area contributed by atoms with Gasteiger partial charge >= 0.3 is 0 Å². The molecule has 0 bridgehead atoms. The van der Waals surface area contributed by atoms with Crippen molar-refractivity contribution < 1.29 is 0 Å². The van der Waals surface area contributed by atoms with Crippen LogP contribution in [0, 0.1) is 5.92 Å². The molecule has 0 heterocycles. The zero-order chi connectivity index (χ0) is 12.4. The summed E-state index contributed by atoms with van der Waals surface area (Å²) in [6.45, 7) is 2.31. The quantitative estimate of drug-likeness (QED) is 0.805. The van der Waals surface area contributed by atoms with Crippen molar-refractivity contribution in [2.75, 3.05) is 5.32 Å². The van der Waals surface area contributed by atoms with Gasteiger partial charge in [-0.15, -0.1) is 0 Å². The summed E-state index contributed by atoms with van der Waals surface area (Å²) in [7, 11) is 0. The zero-order valence-electron chi connectivity index (χ0n) is 11.0. The van der Waals surface area contributed by atoms with Crippen molar-refractivity contribution in [3.05, 3.63) is 42.5 Å². The second-order valence-corrected chi connectivity index (χ2v) is 5.60. The summed E-state index contributed by atoms with van der Waals surface area (Å²) >= 11 is 0. The third-order valence-corrected chi connectivity index (χ3v) is 4.10. The summed E-state index contributed by atoms with van der Waals surface area (Å²) in [6.07, 6.45) is 5.61. The van der Waals surface area contributed by atoms with Gasteiger partial charge in [0.1, 0.15) is 0 Å². The second kappa shape index (κ2) is 5.01. The van der Waals surface area contributed by atoms with Gasteiger partial charge < -0.3 is 5.32 Å². The lowest BCUT2D eigenvalue weighted by Gasteiger charge is -2.29. The number of nitrogens with one attached hydrogen (secondary N) is 1. The van der Waals surface area contributed by atoms with Crippen LogP contribution in [-0.4, -0.2) is 6.04 Å². The van der Waals surface area contributed by atoms with Gasteiger partial charge in [-0.25, -0.2) is 0 Å². The smallest absolute Gasteiger partial charge is 0.0421 e. The number of anilines is 1. The Kier molecular flexibility index (Phi) is 3.22. The molecule has 1 unspecified atom stereocenters. The van der Waals surface area contributed by atoms with Crippen molar-refractivity contribution in [2.45, 2.75) is 38.6 Å². The molecule has 2 aromatic rings. The van der Waals surface area contributed by atoms with Crippen LogP contribution in [0.2, 0.25) is 0 Å². The molecule has 0 spiro atoms. The van der Waals surface area contributed by atoms with Crippen LogP contribution in [0.3, 0.4) is 0 Å². The van der Waals surface area contributed by atoms with Crippen molar-refractivity contribution in [1.82, 2.24) is 0 Å². The molecule has 0 amide bonds. The van der Waals surface area contributed by atoms with E-state index in [0.717, 1.165) is 5.92 Å². The minimum Gasteiger partial charge on any atom is -0.382 e. The first-order valence-electron chi connectivity index (χ1n) is 7.07. The highest BCUT2D eigenvalue weighted by Gasteiger charge is 2.19. The Bertz CT molecular complexity index is 523. The number of benzene rings is 2. The van der Waals surface area contributed by atoms with Gasteiger partial charge in [0.05, 0.1) is 0 Å². The third-order valence-electron chi connectivity index (χ3n) is 4.10. The number of rotatable bonds is 4. The van der Waals surface area contributed by atoms with Gasteiger partial charge in [-0.1, -0.05) is 55.7 Å². The molecule has 1 atom stereocenters. The summed E-state index contributed by atoms with van der Waals surface area (Å²) in [5, 5.41) is 6.34. The van der Waals surface area contributed by atoms with Crippen molar-refractivity contribution >= 4 is 16.5 Å². The monoisotopic (exact) mass is 239 g/mol. The van der Waals surface area contributed by atoms with Crippen molar-refractivity contribution in [1.29, 1.82) is 0 Å². The molecule has 1 aliphatic carbocycles. The van der Waals surface area contributed by atoms with Crippen LogP contribution in [0.4, 0.5) is 5.69 Å². The topological polar surface area (TPSA) is 12.0 Å². The lowest BCUT2D eigenvalue weighted by atomic mass is 9.81. The number of hydrogen-bond acceptors (Lipinski definition) is 1. The first-order valence-corrected chi connectivity index (χ1v) is 7.07. The van der Waals surface area contributed by atoms with E-state index in [-0.39, 0.29) is 0 Å². The van der Waals surface area contributed by atoms with Crippen LogP contribution in [0.15, 0.2) is 42.5 Å². The molecule has 94 valence electrons. The summed E-state index contributed by atoms with van der Waals surface area (Å²) < 4.78 is 0. The predicted molar refractivity (Wildman–Crippen MR) is 79.0 cm³/mol. The van der Waals surface area contributed by atoms with Gasteiger partial charge in [-0.05, 0) is 30.7 Å². The molecule has 0 aliphatic heterocycles. The molecule has 0 radical (unpaired) electrons. The molecule has 1 saturated carbocycles. The second-order valence-electron chi connectivity index (χ2n) is 5.60. The van der Waals surface area contributed by atoms with E-state index in [9.17, 15) is 0 Å². The third kappa shape index (κ3) is 2.35. The number of hydrogen-bond donors (Lipinski definition) is 1. The first kappa shape index (κ1) is 11.6. The van der Waals surface area contributed by atoms with Crippen molar-refractivity contribution in [3.63, 3.8) is 0 Å². The molecular formula is C17H21N. The van der Waals surface area contributed by atoms with Crippen LogP contribution >= 0.6 is 0 Å². The standard InChI is InChI=1S/C17H21N/c1-13(12-14-6-4-7-14)18-17-11-5-9-15-8-2-3-10-16(15)17/h2-3,5,8-11,13-14,18H,4,6-7,12H2,1H3. The zero-order valence-corrected chi connectivity index (χ0v) is 11.0. The highest BCUT2D eigenvalue weighted by atomic mass is 14.9. The molecule has 3 rings (SSSR count). The average molecular weight is 239 g/mol. The SMILES string of the molecule is CC(CC1CCC1)Nc1cccc2ccccc12. The van der Waals surface area contributed by atoms with Gasteiger partial charge in [0.15, 0.2) is 0 Å². The minimum atomic E-state index is 0.570. The van der Waals surface area contributed by atoms with Crippen LogP contribution < -0.4 is 5.32 Å². The maximum Gasteiger partial charge on any atom is 0.0421 e. The van der Waals surface area contributed by atoms with Gasteiger partial charge in [0.2, 0.25) is 0 Å². The Morgan fingerprint density at radius 1 is 1.11 bits per heavy atom. The Morgan fingerprint density at radius 2 is 1.89 bits per heavy atom. The Hall–Kier alpha value is -1.50. The lowest BCUT2D eigenvalue weighted by molar-refractivity contribution is 0.286. The van der Waals surface area contributed by atoms with Gasteiger partial charge in [-0.2, -0.15) is 0 Å². The maximum atomic E-state index is 3.68. The largest absolute Gasteiger partial charge is 0.382 e. The van der Waals surface area contributed by atoms with E-state index in [1.807, 2.05) is 0 Å². The van der Waals surface area contributed by atoms with E-state index in [0.29, 0.717) is 6.04 Å². The summed E-state index contributed by atoms with van der Waals surface area (Å²) in [6, 6.07) is 15.7. The lowest BCUT2D eigenvalue weighted by Crippen LogP contribution is -2.23. The summed E-state index contributed by atoms with van der Waals surface area (Å²) in [5.74, 6) is 0.961. The maximum absolute atomic E-state index is 3.68. The van der Waals surface area contributed by atoms with Crippen LogP contribution in [-0.2, 0) is 0 Å². The molecule has 2 aromatic carbocycles. The van der Waals surface area contributed by atoms with Crippen LogP contribution in [0.25, 0.3) is 10.8 Å². The van der Waals surface area contributed by atoms with E-state index in [1.165, 1.54) is 42.1 Å². The molecule has 18 heavy (non-hydrogen) atoms. The fourth-order valence-electron chi connectivity index (χ4n) is 2.90. The van der Waals surface area contributed by atoms with Crippen molar-refractivity contribution in [3.8, 4) is 0 Å². The van der Waals surface area contributed by atoms with Gasteiger partial charge in [0.25, 0.3) is 0 Å². The van der Waals surface area contributed by atoms with E-state index >= 15 is 0 Å². The molecule has 1 nitrogen and oxygen atoms in total. The average Bonchev–Trinajstić information content (AvgIpc) is 2.34. The predicted octanol–water partition coefficient (Wildman–Crippen LogP) is 4.83. The summed E-state index contributed by atoms with van der Waals surface area (Å²) in [5.41, 5.74) is 1.28. The highest BCUT2D eigenvalue weighted by molar-refractivity contribution is 5.93.